The number of aromatic nitrogens is 1. The summed E-state index contributed by atoms with van der Waals surface area (Å²) >= 11 is 3.26. The van der Waals surface area contributed by atoms with Crippen LogP contribution >= 0.6 is 15.9 Å². The van der Waals surface area contributed by atoms with Gasteiger partial charge in [-0.1, -0.05) is 5.16 Å². The molecule has 1 aromatic heterocycles. The minimum Gasteiger partial charge on any atom is -0.507 e. The molecule has 0 atom stereocenters. The van der Waals surface area contributed by atoms with E-state index < -0.39 is 5.97 Å². The molecule has 0 aliphatic carbocycles. The van der Waals surface area contributed by atoms with Gasteiger partial charge in [0, 0.05) is 17.7 Å². The molecule has 0 unspecified atom stereocenters. The van der Waals surface area contributed by atoms with Crippen LogP contribution in [0.4, 0.5) is 0 Å². The topological polar surface area (TPSA) is 92.8 Å². The van der Waals surface area contributed by atoms with Crippen molar-refractivity contribution < 1.29 is 24.3 Å². The Balaban J connectivity index is 2.50. The van der Waals surface area contributed by atoms with Crippen LogP contribution in [-0.2, 0) is 0 Å². The Morgan fingerprint density at radius 3 is 2.72 bits per heavy atom. The number of halogens is 1. The Hall–Kier alpha value is -2.02. The van der Waals surface area contributed by atoms with E-state index in [0.29, 0.717) is 15.8 Å². The van der Waals surface area contributed by atoms with Gasteiger partial charge in [0.05, 0.1) is 11.6 Å². The lowest BCUT2D eigenvalue weighted by Crippen LogP contribution is -1.91. The minimum absolute atomic E-state index is 0.0831. The second-order valence-corrected chi connectivity index (χ2v) is 4.24. The average molecular weight is 314 g/mol. The van der Waals surface area contributed by atoms with Crippen molar-refractivity contribution in [1.29, 1.82) is 0 Å². The number of rotatable bonds is 3. The maximum absolute atomic E-state index is 10.7. The van der Waals surface area contributed by atoms with Crippen LogP contribution in [0.25, 0.3) is 11.3 Å². The van der Waals surface area contributed by atoms with E-state index in [1.807, 2.05) is 0 Å². The molecular weight excluding hydrogens is 306 g/mol. The van der Waals surface area contributed by atoms with E-state index in [9.17, 15) is 9.90 Å². The van der Waals surface area contributed by atoms with Gasteiger partial charge in [0.15, 0.2) is 0 Å². The standard InChI is InChI=1S/C11H8BrNO5/c1-17-9-4-8(14)5(2-6(9)12)7-3-10(11(15)16)18-13-7/h2-4,14H,1H3,(H,15,16). The summed E-state index contributed by atoms with van der Waals surface area (Å²) in [4.78, 5) is 10.7. The van der Waals surface area contributed by atoms with Crippen molar-refractivity contribution in [3.63, 3.8) is 0 Å². The molecule has 0 amide bonds. The van der Waals surface area contributed by atoms with Crippen LogP contribution in [0.15, 0.2) is 27.2 Å². The second kappa shape index (κ2) is 4.69. The summed E-state index contributed by atoms with van der Waals surface area (Å²) in [7, 11) is 1.47. The Morgan fingerprint density at radius 2 is 2.17 bits per heavy atom. The number of nitrogens with zero attached hydrogens (tertiary/aromatic N) is 1. The molecule has 0 fully saturated rings. The van der Waals surface area contributed by atoms with Crippen LogP contribution in [0.1, 0.15) is 10.6 Å². The van der Waals surface area contributed by atoms with Crippen molar-refractivity contribution in [2.24, 2.45) is 0 Å². The second-order valence-electron chi connectivity index (χ2n) is 3.39. The maximum atomic E-state index is 10.7. The van der Waals surface area contributed by atoms with Gasteiger partial charge in [-0.15, -0.1) is 0 Å². The number of phenolic OH excluding ortho intramolecular Hbond substituents is 1. The van der Waals surface area contributed by atoms with Crippen molar-refractivity contribution in [3.05, 3.63) is 28.4 Å². The zero-order chi connectivity index (χ0) is 13.3. The molecule has 0 spiro atoms. The zero-order valence-electron chi connectivity index (χ0n) is 9.18. The number of methoxy groups -OCH3 is 1. The van der Waals surface area contributed by atoms with Gasteiger partial charge < -0.3 is 19.5 Å². The van der Waals surface area contributed by atoms with E-state index in [1.165, 1.54) is 19.2 Å². The summed E-state index contributed by atoms with van der Waals surface area (Å²) in [5.41, 5.74) is 0.576. The summed E-state index contributed by atoms with van der Waals surface area (Å²) in [5, 5.41) is 22.1. The average Bonchev–Trinajstić information content (AvgIpc) is 2.81. The molecule has 0 saturated heterocycles. The molecule has 0 aliphatic rings. The lowest BCUT2D eigenvalue weighted by molar-refractivity contribution is 0.0652. The normalized spacial score (nSPS) is 10.3. The van der Waals surface area contributed by atoms with Crippen molar-refractivity contribution in [1.82, 2.24) is 5.16 Å². The molecule has 2 N–H and O–H groups in total. The monoisotopic (exact) mass is 313 g/mol. The molecule has 0 aliphatic heterocycles. The predicted molar refractivity (Wildman–Crippen MR) is 64.8 cm³/mol. The highest BCUT2D eigenvalue weighted by Gasteiger charge is 2.16. The van der Waals surface area contributed by atoms with Crippen LogP contribution in [0, 0.1) is 0 Å². The predicted octanol–water partition coefficient (Wildman–Crippen LogP) is 2.52. The number of carboxylic acids is 1. The number of ether oxygens (including phenoxy) is 1. The highest BCUT2D eigenvalue weighted by molar-refractivity contribution is 9.10. The Kier molecular flexibility index (Phi) is 3.24. The molecule has 1 aromatic carbocycles. The number of benzene rings is 1. The molecule has 7 heteroatoms. The number of phenols is 1. The highest BCUT2D eigenvalue weighted by atomic mass is 79.9. The molecule has 0 radical (unpaired) electrons. The molecule has 2 aromatic rings. The first-order chi connectivity index (χ1) is 8.52. The number of carbonyl (C=O) groups is 1. The number of aromatic carboxylic acids is 1. The first kappa shape index (κ1) is 12.4. The first-order valence-corrected chi connectivity index (χ1v) is 5.59. The van der Waals surface area contributed by atoms with Crippen LogP contribution in [0.3, 0.4) is 0 Å². The fourth-order valence-electron chi connectivity index (χ4n) is 1.41. The number of carboxylic acid groups (broad SMARTS) is 1. The van der Waals surface area contributed by atoms with Crippen LogP contribution in [-0.4, -0.2) is 28.4 Å². The Bertz CT molecular complexity index is 607. The molecule has 18 heavy (non-hydrogen) atoms. The number of aromatic hydroxyl groups is 1. The largest absolute Gasteiger partial charge is 0.507 e. The van der Waals surface area contributed by atoms with Gasteiger partial charge in [-0.2, -0.15) is 0 Å². The van der Waals surface area contributed by atoms with Crippen LogP contribution in [0.2, 0.25) is 0 Å². The van der Waals surface area contributed by atoms with Crippen molar-refractivity contribution in [2.45, 2.75) is 0 Å². The van der Waals surface area contributed by atoms with Gasteiger partial charge in [0.25, 0.3) is 0 Å². The smallest absolute Gasteiger partial charge is 0.374 e. The third-order valence-corrected chi connectivity index (χ3v) is 2.89. The van der Waals surface area contributed by atoms with Crippen molar-refractivity contribution >= 4 is 21.9 Å². The van der Waals surface area contributed by atoms with Gasteiger partial charge in [-0.25, -0.2) is 4.79 Å². The fourth-order valence-corrected chi connectivity index (χ4v) is 1.91. The van der Waals surface area contributed by atoms with Gasteiger partial charge in [0.2, 0.25) is 5.76 Å². The van der Waals surface area contributed by atoms with E-state index in [2.05, 4.69) is 25.6 Å². The van der Waals surface area contributed by atoms with Crippen molar-refractivity contribution in [3.8, 4) is 22.8 Å². The summed E-state index contributed by atoms with van der Waals surface area (Å²) in [6.07, 6.45) is 0. The summed E-state index contributed by atoms with van der Waals surface area (Å²) < 4.78 is 10.2. The zero-order valence-corrected chi connectivity index (χ0v) is 10.8. The fraction of sp³-hybridized carbons (Fsp3) is 0.0909. The SMILES string of the molecule is COc1cc(O)c(-c2cc(C(=O)O)on2)cc1Br. The van der Waals surface area contributed by atoms with E-state index >= 15 is 0 Å². The molecule has 2 rings (SSSR count). The maximum Gasteiger partial charge on any atom is 0.374 e. The van der Waals surface area contributed by atoms with Crippen LogP contribution in [0.5, 0.6) is 11.5 Å². The molecular formula is C11H8BrNO5. The summed E-state index contributed by atoms with van der Waals surface area (Å²) in [5.74, 6) is -1.14. The van der Waals surface area contributed by atoms with E-state index in [1.54, 1.807) is 6.07 Å². The van der Waals surface area contributed by atoms with Crippen LogP contribution < -0.4 is 4.74 Å². The molecule has 0 saturated carbocycles. The van der Waals surface area contributed by atoms with Gasteiger partial charge >= 0.3 is 5.97 Å². The Labute approximate surface area is 110 Å². The highest BCUT2D eigenvalue weighted by Crippen LogP contribution is 2.37. The lowest BCUT2D eigenvalue weighted by atomic mass is 10.1. The third kappa shape index (κ3) is 2.17. The molecule has 94 valence electrons. The van der Waals surface area contributed by atoms with E-state index in [0.717, 1.165) is 0 Å². The minimum atomic E-state index is -1.22. The summed E-state index contributed by atoms with van der Waals surface area (Å²) in [6, 6.07) is 4.20. The lowest BCUT2D eigenvalue weighted by Gasteiger charge is -2.06. The van der Waals surface area contributed by atoms with E-state index in [-0.39, 0.29) is 17.2 Å². The molecule has 0 bridgehead atoms. The molecule has 6 nitrogen and oxygen atoms in total. The van der Waals surface area contributed by atoms with Gasteiger partial charge in [0.1, 0.15) is 17.2 Å². The summed E-state index contributed by atoms with van der Waals surface area (Å²) in [6.45, 7) is 0. The Morgan fingerprint density at radius 1 is 1.44 bits per heavy atom. The third-order valence-electron chi connectivity index (χ3n) is 2.27. The number of hydrogen-bond acceptors (Lipinski definition) is 5. The van der Waals surface area contributed by atoms with Crippen molar-refractivity contribution in [2.75, 3.05) is 7.11 Å². The quantitative estimate of drug-likeness (QED) is 0.904. The molecule has 1 heterocycles. The van der Waals surface area contributed by atoms with Gasteiger partial charge in [-0.05, 0) is 22.0 Å². The van der Waals surface area contributed by atoms with Gasteiger partial charge in [-0.3, -0.25) is 0 Å². The number of hydrogen-bond donors (Lipinski definition) is 2. The van der Waals surface area contributed by atoms with E-state index in [4.69, 9.17) is 9.84 Å². The first-order valence-electron chi connectivity index (χ1n) is 4.80.